The molecule has 4 nitrogen and oxygen atoms in total. The van der Waals surface area contributed by atoms with Crippen molar-refractivity contribution in [1.82, 2.24) is 0 Å². The topological polar surface area (TPSA) is 58.9 Å². The lowest BCUT2D eigenvalue weighted by Crippen LogP contribution is -2.36. The molecule has 0 saturated heterocycles. The molecule has 0 amide bonds. The fourth-order valence-electron chi connectivity index (χ4n) is 2.48. The molecule has 0 unspecified atom stereocenters. The number of carbonyl (C=O) groups is 1. The normalized spacial score (nSPS) is 30.9. The van der Waals surface area contributed by atoms with Crippen LogP contribution in [0.4, 0.5) is 0 Å². The molecule has 1 aliphatic rings. The minimum absolute atomic E-state index is 0.0331. The van der Waals surface area contributed by atoms with Crippen molar-refractivity contribution in [2.24, 2.45) is 22.9 Å². The predicted octanol–water partition coefficient (Wildman–Crippen LogP) is 2.45. The molecule has 0 radical (unpaired) electrons. The molecule has 0 aromatic carbocycles. The molecule has 0 aromatic heterocycles. The van der Waals surface area contributed by atoms with E-state index in [-0.39, 0.29) is 6.10 Å². The Labute approximate surface area is 96.7 Å². The van der Waals surface area contributed by atoms with Crippen molar-refractivity contribution in [2.75, 3.05) is 0 Å². The zero-order valence-corrected chi connectivity index (χ0v) is 10.2. The first kappa shape index (κ1) is 13.0. The molecule has 1 aliphatic carbocycles. The van der Waals surface area contributed by atoms with Crippen LogP contribution in [0.2, 0.25) is 0 Å². The van der Waals surface area contributed by atoms with Crippen molar-refractivity contribution in [3.05, 3.63) is 0 Å². The smallest absolute Gasteiger partial charge is 0.353 e. The van der Waals surface area contributed by atoms with Crippen LogP contribution in [-0.2, 0) is 9.53 Å². The van der Waals surface area contributed by atoms with E-state index in [1.54, 1.807) is 0 Å². The summed E-state index contributed by atoms with van der Waals surface area (Å²) in [5.74, 6) is 0.981. The van der Waals surface area contributed by atoms with Gasteiger partial charge in [0.25, 0.3) is 0 Å². The Kier molecular flexibility index (Phi) is 4.77. The van der Waals surface area contributed by atoms with E-state index in [0.29, 0.717) is 17.8 Å². The SMILES string of the molecule is CC(C)[C@@H]1CC[C@@H](C)C[C@H]1OC(=O)/C=N/O. The lowest BCUT2D eigenvalue weighted by atomic mass is 9.75. The number of rotatable bonds is 3. The Morgan fingerprint density at radius 1 is 1.50 bits per heavy atom. The van der Waals surface area contributed by atoms with Gasteiger partial charge in [0.15, 0.2) is 6.21 Å². The van der Waals surface area contributed by atoms with Crippen LogP contribution in [0.25, 0.3) is 0 Å². The highest BCUT2D eigenvalue weighted by Crippen LogP contribution is 2.35. The van der Waals surface area contributed by atoms with Crippen LogP contribution in [-0.4, -0.2) is 23.5 Å². The van der Waals surface area contributed by atoms with Crippen molar-refractivity contribution in [3.63, 3.8) is 0 Å². The number of carbonyl (C=O) groups excluding carboxylic acids is 1. The van der Waals surface area contributed by atoms with Gasteiger partial charge in [-0.3, -0.25) is 0 Å². The minimum atomic E-state index is -0.549. The standard InChI is InChI=1S/C12H21NO3/c1-8(2)10-5-4-9(3)6-11(10)16-12(14)7-13-15/h7-11,15H,4-6H2,1-3H3/b13-7+/t9-,10+,11-/m1/s1. The van der Waals surface area contributed by atoms with Gasteiger partial charge in [-0.1, -0.05) is 32.3 Å². The Bertz CT molecular complexity index is 263. The second-order valence-corrected chi connectivity index (χ2v) is 5.05. The molecule has 16 heavy (non-hydrogen) atoms. The van der Waals surface area contributed by atoms with Crippen molar-refractivity contribution >= 4 is 12.2 Å². The van der Waals surface area contributed by atoms with Crippen LogP contribution in [0.15, 0.2) is 5.16 Å². The number of ether oxygens (including phenoxy) is 1. The average molecular weight is 227 g/mol. The average Bonchev–Trinajstić information content (AvgIpc) is 2.17. The van der Waals surface area contributed by atoms with Crippen molar-refractivity contribution < 1.29 is 14.7 Å². The number of hydrogen-bond donors (Lipinski definition) is 1. The minimum Gasteiger partial charge on any atom is -0.458 e. The monoisotopic (exact) mass is 227 g/mol. The van der Waals surface area contributed by atoms with E-state index in [9.17, 15) is 4.79 Å². The first-order chi connectivity index (χ1) is 7.54. The highest BCUT2D eigenvalue weighted by Gasteiger charge is 2.33. The van der Waals surface area contributed by atoms with Gasteiger partial charge in [-0.2, -0.15) is 0 Å². The highest BCUT2D eigenvalue weighted by molar-refractivity contribution is 6.22. The summed E-state index contributed by atoms with van der Waals surface area (Å²) in [6, 6.07) is 0. The summed E-state index contributed by atoms with van der Waals surface area (Å²) < 4.78 is 5.33. The van der Waals surface area contributed by atoms with Gasteiger partial charge < -0.3 is 9.94 Å². The maximum absolute atomic E-state index is 11.3. The van der Waals surface area contributed by atoms with E-state index >= 15 is 0 Å². The maximum atomic E-state index is 11.3. The molecule has 1 N–H and O–H groups in total. The molecule has 1 rings (SSSR count). The van der Waals surface area contributed by atoms with Crippen LogP contribution in [0, 0.1) is 17.8 Å². The Morgan fingerprint density at radius 3 is 2.75 bits per heavy atom. The van der Waals surface area contributed by atoms with Gasteiger partial charge >= 0.3 is 5.97 Å². The molecule has 0 aromatic rings. The van der Waals surface area contributed by atoms with Crippen LogP contribution >= 0.6 is 0 Å². The third kappa shape index (κ3) is 3.51. The van der Waals surface area contributed by atoms with E-state index in [1.165, 1.54) is 6.42 Å². The third-order valence-corrected chi connectivity index (χ3v) is 3.39. The van der Waals surface area contributed by atoms with Gasteiger partial charge in [0.05, 0.1) is 0 Å². The molecule has 3 atom stereocenters. The lowest BCUT2D eigenvalue weighted by Gasteiger charge is -2.36. The van der Waals surface area contributed by atoms with E-state index in [2.05, 4.69) is 25.9 Å². The number of esters is 1. The molecule has 92 valence electrons. The van der Waals surface area contributed by atoms with Gasteiger partial charge in [-0.05, 0) is 30.6 Å². The molecule has 1 saturated carbocycles. The summed E-state index contributed by atoms with van der Waals surface area (Å²) in [4.78, 5) is 11.3. The lowest BCUT2D eigenvalue weighted by molar-refractivity contribution is -0.146. The summed E-state index contributed by atoms with van der Waals surface area (Å²) in [6.45, 7) is 6.49. The highest BCUT2D eigenvalue weighted by atomic mass is 16.5. The summed E-state index contributed by atoms with van der Waals surface area (Å²) in [7, 11) is 0. The summed E-state index contributed by atoms with van der Waals surface area (Å²) in [5.41, 5.74) is 0. The van der Waals surface area contributed by atoms with Gasteiger partial charge in [0, 0.05) is 0 Å². The van der Waals surface area contributed by atoms with Gasteiger partial charge in [0.1, 0.15) is 6.10 Å². The fraction of sp³-hybridized carbons (Fsp3) is 0.833. The Morgan fingerprint density at radius 2 is 2.19 bits per heavy atom. The van der Waals surface area contributed by atoms with E-state index in [1.807, 2.05) is 0 Å². The second kappa shape index (κ2) is 5.87. The fourth-order valence-corrected chi connectivity index (χ4v) is 2.48. The molecule has 0 aliphatic heterocycles. The zero-order chi connectivity index (χ0) is 12.1. The first-order valence-corrected chi connectivity index (χ1v) is 5.92. The molecular weight excluding hydrogens is 206 g/mol. The van der Waals surface area contributed by atoms with Crippen LogP contribution < -0.4 is 0 Å². The quantitative estimate of drug-likeness (QED) is 0.349. The van der Waals surface area contributed by atoms with Crippen molar-refractivity contribution in [2.45, 2.75) is 46.1 Å². The van der Waals surface area contributed by atoms with E-state index in [0.717, 1.165) is 19.1 Å². The van der Waals surface area contributed by atoms with Gasteiger partial charge in [-0.25, -0.2) is 4.79 Å². The zero-order valence-electron chi connectivity index (χ0n) is 10.2. The van der Waals surface area contributed by atoms with Crippen LogP contribution in [0.5, 0.6) is 0 Å². The van der Waals surface area contributed by atoms with Gasteiger partial charge in [0.2, 0.25) is 0 Å². The summed E-state index contributed by atoms with van der Waals surface area (Å²) in [6.07, 6.45) is 4.00. The molecule has 0 heterocycles. The largest absolute Gasteiger partial charge is 0.458 e. The summed E-state index contributed by atoms with van der Waals surface area (Å²) >= 11 is 0. The van der Waals surface area contributed by atoms with Crippen LogP contribution in [0.3, 0.4) is 0 Å². The summed E-state index contributed by atoms with van der Waals surface area (Å²) in [5, 5.41) is 11.0. The van der Waals surface area contributed by atoms with E-state index in [4.69, 9.17) is 9.94 Å². The molecule has 0 spiro atoms. The van der Waals surface area contributed by atoms with Crippen molar-refractivity contribution in [1.29, 1.82) is 0 Å². The molecule has 1 fully saturated rings. The number of oxime groups is 1. The molecular formula is C12H21NO3. The Balaban J connectivity index is 2.60. The van der Waals surface area contributed by atoms with Crippen LogP contribution in [0.1, 0.15) is 40.0 Å². The third-order valence-electron chi connectivity index (χ3n) is 3.39. The molecule has 4 heteroatoms. The van der Waals surface area contributed by atoms with Gasteiger partial charge in [-0.15, -0.1) is 0 Å². The van der Waals surface area contributed by atoms with Crippen molar-refractivity contribution in [3.8, 4) is 0 Å². The first-order valence-electron chi connectivity index (χ1n) is 5.92. The molecule has 0 bridgehead atoms. The maximum Gasteiger partial charge on any atom is 0.353 e. The predicted molar refractivity (Wildman–Crippen MR) is 61.5 cm³/mol. The number of nitrogens with zero attached hydrogens (tertiary/aromatic N) is 1. The van der Waals surface area contributed by atoms with E-state index < -0.39 is 5.97 Å². The Hall–Kier alpha value is -1.06. The second-order valence-electron chi connectivity index (χ2n) is 5.05. The number of hydrogen-bond acceptors (Lipinski definition) is 4.